The van der Waals surface area contributed by atoms with Crippen molar-refractivity contribution in [1.29, 1.82) is 0 Å². The summed E-state index contributed by atoms with van der Waals surface area (Å²) < 4.78 is 5.52. The molecule has 1 aliphatic rings. The quantitative estimate of drug-likeness (QED) is 0.656. The van der Waals surface area contributed by atoms with Gasteiger partial charge in [0.05, 0.1) is 6.61 Å². The molecule has 1 rings (SSSR count). The van der Waals surface area contributed by atoms with Gasteiger partial charge in [-0.3, -0.25) is 0 Å². The molecule has 0 bridgehead atoms. The molecule has 1 heterocycles. The van der Waals surface area contributed by atoms with Crippen molar-refractivity contribution in [2.75, 3.05) is 12.4 Å². The molecule has 1 unspecified atom stereocenters. The number of rotatable bonds is 4. The maximum atomic E-state index is 5.52. The molecule has 2 heteroatoms. The van der Waals surface area contributed by atoms with E-state index in [4.69, 9.17) is 4.74 Å². The van der Waals surface area contributed by atoms with Gasteiger partial charge < -0.3 is 4.74 Å². The fraction of sp³-hybridized carbons (Fsp3) is 0.667. The number of hydrogen-bond acceptors (Lipinski definition) is 2. The lowest BCUT2D eigenvalue weighted by Gasteiger charge is -2.04. The van der Waals surface area contributed by atoms with Gasteiger partial charge in [-0.25, -0.2) is 0 Å². The van der Waals surface area contributed by atoms with E-state index in [9.17, 15) is 0 Å². The number of thioether (sulfide) groups is 1. The molecule has 0 spiro atoms. The van der Waals surface area contributed by atoms with E-state index in [0.717, 1.165) is 25.2 Å². The normalized spacial score (nSPS) is 22.5. The minimum atomic E-state index is 0.321. The van der Waals surface area contributed by atoms with Crippen molar-refractivity contribution >= 4 is 11.8 Å². The van der Waals surface area contributed by atoms with E-state index in [0.29, 0.717) is 5.44 Å². The summed E-state index contributed by atoms with van der Waals surface area (Å²) in [6.45, 7) is 7.40. The summed E-state index contributed by atoms with van der Waals surface area (Å²) in [5.74, 6) is 1.14. The molecule has 0 aliphatic carbocycles. The number of ether oxygens (including phenoxy) is 1. The monoisotopic (exact) mass is 212 g/mol. The molecule has 1 fully saturated rings. The van der Waals surface area contributed by atoms with Gasteiger partial charge >= 0.3 is 0 Å². The maximum absolute atomic E-state index is 5.52. The molecule has 0 saturated carbocycles. The van der Waals surface area contributed by atoms with Crippen LogP contribution in [-0.2, 0) is 4.74 Å². The van der Waals surface area contributed by atoms with Gasteiger partial charge in [-0.15, -0.1) is 11.8 Å². The van der Waals surface area contributed by atoms with E-state index >= 15 is 0 Å². The summed E-state index contributed by atoms with van der Waals surface area (Å²) in [7, 11) is 0. The van der Waals surface area contributed by atoms with Gasteiger partial charge in [0.15, 0.2) is 0 Å². The lowest BCUT2D eigenvalue weighted by atomic mass is 10.1. The Morgan fingerprint density at radius 1 is 1.43 bits per heavy atom. The summed E-state index contributed by atoms with van der Waals surface area (Å²) in [5, 5.41) is 0. The van der Waals surface area contributed by atoms with Crippen molar-refractivity contribution in [1.82, 2.24) is 0 Å². The van der Waals surface area contributed by atoms with Crippen LogP contribution in [-0.4, -0.2) is 17.8 Å². The van der Waals surface area contributed by atoms with Gasteiger partial charge in [-0.2, -0.15) is 0 Å². The van der Waals surface area contributed by atoms with Crippen LogP contribution in [0.1, 0.15) is 33.6 Å². The second-order valence-electron chi connectivity index (χ2n) is 3.94. The van der Waals surface area contributed by atoms with Crippen LogP contribution in [0.25, 0.3) is 0 Å². The number of allylic oxidation sites excluding steroid dienone is 3. The van der Waals surface area contributed by atoms with Crippen LogP contribution >= 0.6 is 11.8 Å². The zero-order valence-electron chi connectivity index (χ0n) is 9.38. The Morgan fingerprint density at radius 3 is 2.79 bits per heavy atom. The second kappa shape index (κ2) is 6.31. The van der Waals surface area contributed by atoms with E-state index in [1.807, 2.05) is 11.8 Å². The van der Waals surface area contributed by atoms with Gasteiger partial charge in [0.1, 0.15) is 5.44 Å². The molecule has 0 amide bonds. The first kappa shape index (κ1) is 11.9. The summed E-state index contributed by atoms with van der Waals surface area (Å²) in [6.07, 6.45) is 6.87. The van der Waals surface area contributed by atoms with Crippen LogP contribution < -0.4 is 0 Å². The number of hydrogen-bond donors (Lipinski definition) is 0. The molecule has 0 N–H and O–H groups in total. The van der Waals surface area contributed by atoms with Gasteiger partial charge in [-0.05, 0) is 39.7 Å². The van der Waals surface area contributed by atoms with Crippen LogP contribution in [0, 0.1) is 0 Å². The SMILES string of the molecule is CC(C)=CCC/C(C)=C/C1OCCS1. The van der Waals surface area contributed by atoms with Crippen LogP contribution in [0.3, 0.4) is 0 Å². The third-order valence-corrected chi connectivity index (χ3v) is 3.16. The van der Waals surface area contributed by atoms with Crippen molar-refractivity contribution in [3.63, 3.8) is 0 Å². The molecular weight excluding hydrogens is 192 g/mol. The fourth-order valence-electron chi connectivity index (χ4n) is 1.38. The summed E-state index contributed by atoms with van der Waals surface area (Å²) in [5.41, 5.74) is 3.17. The summed E-state index contributed by atoms with van der Waals surface area (Å²) in [4.78, 5) is 0. The molecule has 0 aromatic carbocycles. The van der Waals surface area contributed by atoms with Crippen LogP contribution in [0.5, 0.6) is 0 Å². The molecule has 1 aliphatic heterocycles. The zero-order valence-corrected chi connectivity index (χ0v) is 10.2. The maximum Gasteiger partial charge on any atom is 0.121 e. The van der Waals surface area contributed by atoms with Gasteiger partial charge in [0, 0.05) is 5.75 Å². The molecule has 1 saturated heterocycles. The minimum Gasteiger partial charge on any atom is -0.363 e. The van der Waals surface area contributed by atoms with E-state index in [2.05, 4.69) is 32.9 Å². The Balaban J connectivity index is 2.26. The van der Waals surface area contributed by atoms with Crippen molar-refractivity contribution in [2.24, 2.45) is 0 Å². The van der Waals surface area contributed by atoms with Crippen LogP contribution in [0.15, 0.2) is 23.3 Å². The van der Waals surface area contributed by atoms with Crippen molar-refractivity contribution in [2.45, 2.75) is 39.0 Å². The van der Waals surface area contributed by atoms with Gasteiger partial charge in [0.2, 0.25) is 0 Å². The van der Waals surface area contributed by atoms with E-state index in [-0.39, 0.29) is 0 Å². The molecule has 1 nitrogen and oxygen atoms in total. The van der Waals surface area contributed by atoms with Crippen LogP contribution in [0.2, 0.25) is 0 Å². The standard InChI is InChI=1S/C12H20OS/c1-10(2)5-4-6-11(3)9-12-13-7-8-14-12/h5,9,12H,4,6-8H2,1-3H3/b11-9+. The first-order valence-corrected chi connectivity index (χ1v) is 6.27. The van der Waals surface area contributed by atoms with Crippen LogP contribution in [0.4, 0.5) is 0 Å². The molecular formula is C12H20OS. The Kier molecular flexibility index (Phi) is 5.34. The minimum absolute atomic E-state index is 0.321. The second-order valence-corrected chi connectivity index (χ2v) is 5.15. The van der Waals surface area contributed by atoms with Crippen molar-refractivity contribution in [3.8, 4) is 0 Å². The molecule has 0 aromatic heterocycles. The molecule has 80 valence electrons. The predicted molar refractivity (Wildman–Crippen MR) is 64.6 cm³/mol. The Labute approximate surface area is 91.6 Å². The summed E-state index contributed by atoms with van der Waals surface area (Å²) >= 11 is 1.90. The molecule has 0 radical (unpaired) electrons. The van der Waals surface area contributed by atoms with Gasteiger partial charge in [-0.1, -0.05) is 17.2 Å². The Morgan fingerprint density at radius 2 is 2.21 bits per heavy atom. The Hall–Kier alpha value is -0.210. The first-order chi connectivity index (χ1) is 6.68. The molecule has 0 aromatic rings. The van der Waals surface area contributed by atoms with E-state index in [1.54, 1.807) is 0 Å². The average molecular weight is 212 g/mol. The lowest BCUT2D eigenvalue weighted by Crippen LogP contribution is -1.97. The predicted octanol–water partition coefficient (Wildman–Crippen LogP) is 3.77. The van der Waals surface area contributed by atoms with Crippen molar-refractivity contribution in [3.05, 3.63) is 23.3 Å². The Bertz CT molecular complexity index is 220. The highest BCUT2D eigenvalue weighted by Crippen LogP contribution is 2.22. The van der Waals surface area contributed by atoms with Crippen molar-refractivity contribution < 1.29 is 4.74 Å². The van der Waals surface area contributed by atoms with E-state index in [1.165, 1.54) is 11.1 Å². The third kappa shape index (κ3) is 4.87. The first-order valence-electron chi connectivity index (χ1n) is 5.22. The highest BCUT2D eigenvalue weighted by atomic mass is 32.2. The molecule has 1 atom stereocenters. The topological polar surface area (TPSA) is 9.23 Å². The zero-order chi connectivity index (χ0) is 10.4. The lowest BCUT2D eigenvalue weighted by molar-refractivity contribution is 0.172. The largest absolute Gasteiger partial charge is 0.363 e. The molecule has 14 heavy (non-hydrogen) atoms. The highest BCUT2D eigenvalue weighted by molar-refractivity contribution is 8.00. The third-order valence-electron chi connectivity index (χ3n) is 2.16. The van der Waals surface area contributed by atoms with E-state index < -0.39 is 0 Å². The average Bonchev–Trinajstić information content (AvgIpc) is 2.56. The fourth-order valence-corrected chi connectivity index (χ4v) is 2.32. The smallest absolute Gasteiger partial charge is 0.121 e. The highest BCUT2D eigenvalue weighted by Gasteiger charge is 2.12. The van der Waals surface area contributed by atoms with Gasteiger partial charge in [0.25, 0.3) is 0 Å². The summed E-state index contributed by atoms with van der Waals surface area (Å²) in [6, 6.07) is 0.